The van der Waals surface area contributed by atoms with E-state index < -0.39 is 23.5 Å². The smallest absolute Gasteiger partial charge is 0.231 e. The van der Waals surface area contributed by atoms with Crippen molar-refractivity contribution in [2.24, 2.45) is 11.8 Å². The number of fused-ring (bicyclic) bond motifs is 1. The maximum Gasteiger partial charge on any atom is 0.231 e. The van der Waals surface area contributed by atoms with Crippen LogP contribution in [0, 0.1) is 11.8 Å². The molecule has 4 heterocycles. The van der Waals surface area contributed by atoms with Crippen LogP contribution in [0.5, 0.6) is 11.5 Å². The highest BCUT2D eigenvalue weighted by Gasteiger charge is 2.66. The Balaban J connectivity index is 1.38. The third kappa shape index (κ3) is 3.23. The molecule has 1 aromatic heterocycles. The van der Waals surface area contributed by atoms with E-state index in [4.69, 9.17) is 14.2 Å². The third-order valence-corrected chi connectivity index (χ3v) is 6.22. The van der Waals surface area contributed by atoms with Crippen LogP contribution in [0.2, 0.25) is 0 Å². The topological polar surface area (TPSA) is 90.0 Å². The van der Waals surface area contributed by atoms with Gasteiger partial charge in [-0.1, -0.05) is 12.2 Å². The van der Waals surface area contributed by atoms with Gasteiger partial charge >= 0.3 is 0 Å². The minimum absolute atomic E-state index is 0.0629. The molecule has 3 aliphatic heterocycles. The molecule has 2 bridgehead atoms. The van der Waals surface area contributed by atoms with Gasteiger partial charge in [-0.3, -0.25) is 14.6 Å². The molecule has 3 aliphatic rings. The van der Waals surface area contributed by atoms with Crippen molar-refractivity contribution < 1.29 is 23.8 Å². The summed E-state index contributed by atoms with van der Waals surface area (Å²) in [7, 11) is 3.10. The Morgan fingerprint density at radius 1 is 1.23 bits per heavy atom. The zero-order valence-corrected chi connectivity index (χ0v) is 17.3. The number of likely N-dealkylation sites (tertiary alicyclic amines) is 1. The first kappa shape index (κ1) is 19.6. The van der Waals surface area contributed by atoms with E-state index in [-0.39, 0.29) is 11.8 Å². The normalized spacial score (nSPS) is 28.0. The number of hydrogen-bond acceptors (Lipinski definition) is 6. The van der Waals surface area contributed by atoms with Crippen molar-refractivity contribution in [2.75, 3.05) is 26.1 Å². The zero-order valence-electron chi connectivity index (χ0n) is 17.3. The summed E-state index contributed by atoms with van der Waals surface area (Å²) in [6.45, 7) is 0.894. The van der Waals surface area contributed by atoms with Crippen molar-refractivity contribution in [3.8, 4) is 11.5 Å². The molecule has 2 fully saturated rings. The molecule has 4 atom stereocenters. The highest BCUT2D eigenvalue weighted by atomic mass is 16.5. The van der Waals surface area contributed by atoms with E-state index in [1.807, 2.05) is 24.3 Å². The summed E-state index contributed by atoms with van der Waals surface area (Å²) < 4.78 is 16.7. The van der Waals surface area contributed by atoms with Gasteiger partial charge in [0.1, 0.15) is 17.1 Å². The fourth-order valence-electron chi connectivity index (χ4n) is 4.83. The van der Waals surface area contributed by atoms with Crippen LogP contribution in [0.4, 0.5) is 5.69 Å². The molecule has 5 rings (SSSR count). The summed E-state index contributed by atoms with van der Waals surface area (Å²) in [5.74, 6) is -0.331. The van der Waals surface area contributed by atoms with Crippen LogP contribution in [-0.2, 0) is 20.9 Å². The number of benzene rings is 1. The van der Waals surface area contributed by atoms with Crippen LogP contribution in [0.25, 0.3) is 0 Å². The van der Waals surface area contributed by atoms with E-state index in [1.165, 1.54) is 0 Å². The molecule has 31 heavy (non-hydrogen) atoms. The van der Waals surface area contributed by atoms with Gasteiger partial charge in [-0.25, -0.2) is 0 Å². The monoisotopic (exact) mass is 421 g/mol. The maximum atomic E-state index is 13.3. The molecule has 1 aromatic carbocycles. The van der Waals surface area contributed by atoms with Crippen molar-refractivity contribution in [1.29, 1.82) is 0 Å². The molecular formula is C23H23N3O5. The van der Waals surface area contributed by atoms with Crippen molar-refractivity contribution in [2.45, 2.75) is 18.2 Å². The molecule has 0 aliphatic carbocycles. The number of methoxy groups -OCH3 is 2. The fraction of sp³-hybridized carbons (Fsp3) is 0.348. The van der Waals surface area contributed by atoms with Gasteiger partial charge < -0.3 is 24.4 Å². The van der Waals surface area contributed by atoms with Gasteiger partial charge in [0, 0.05) is 42.8 Å². The fourth-order valence-corrected chi connectivity index (χ4v) is 4.83. The van der Waals surface area contributed by atoms with Crippen LogP contribution < -0.4 is 14.8 Å². The molecular weight excluding hydrogens is 398 g/mol. The summed E-state index contributed by atoms with van der Waals surface area (Å²) in [5.41, 5.74) is 0.784. The number of aromatic nitrogens is 1. The van der Waals surface area contributed by atoms with Gasteiger partial charge in [-0.05, 0) is 17.7 Å². The van der Waals surface area contributed by atoms with Gasteiger partial charge in [0.2, 0.25) is 11.8 Å². The first-order chi connectivity index (χ1) is 15.0. The minimum Gasteiger partial charge on any atom is -0.497 e. The van der Waals surface area contributed by atoms with Gasteiger partial charge in [0.05, 0.1) is 38.7 Å². The molecule has 2 saturated heterocycles. The highest BCUT2D eigenvalue weighted by Crippen LogP contribution is 2.52. The lowest BCUT2D eigenvalue weighted by Gasteiger charge is -2.23. The van der Waals surface area contributed by atoms with Crippen molar-refractivity contribution in [3.05, 3.63) is 60.4 Å². The van der Waals surface area contributed by atoms with Crippen LogP contribution in [0.1, 0.15) is 5.56 Å². The Kier molecular flexibility index (Phi) is 4.66. The first-order valence-electron chi connectivity index (χ1n) is 10.1. The number of carbonyl (C=O) groups excluding carboxylic acids is 2. The molecule has 0 saturated carbocycles. The van der Waals surface area contributed by atoms with Crippen LogP contribution in [-0.4, -0.2) is 54.2 Å². The summed E-state index contributed by atoms with van der Waals surface area (Å²) in [5, 5.41) is 2.92. The van der Waals surface area contributed by atoms with E-state index >= 15 is 0 Å². The highest BCUT2D eigenvalue weighted by molar-refractivity contribution is 5.99. The summed E-state index contributed by atoms with van der Waals surface area (Å²) in [4.78, 5) is 32.4. The van der Waals surface area contributed by atoms with Crippen LogP contribution in [0.15, 0.2) is 54.9 Å². The van der Waals surface area contributed by atoms with E-state index in [0.29, 0.717) is 30.3 Å². The maximum absolute atomic E-state index is 13.3. The quantitative estimate of drug-likeness (QED) is 0.718. The summed E-state index contributed by atoms with van der Waals surface area (Å²) in [6, 6.07) is 8.92. The average molecular weight is 421 g/mol. The van der Waals surface area contributed by atoms with E-state index in [0.717, 1.165) is 5.56 Å². The van der Waals surface area contributed by atoms with E-state index in [1.54, 1.807) is 49.7 Å². The number of hydrogen-bond donors (Lipinski definition) is 1. The average Bonchev–Trinajstić information content (AvgIpc) is 3.42. The SMILES string of the molecule is COc1cc(NC(=O)C2C3C(=O)N(Cc4ccncc4)CC34C=C[C@H]2O4)cc(OC)c1. The number of amides is 2. The third-order valence-electron chi connectivity index (χ3n) is 6.22. The Labute approximate surface area is 179 Å². The standard InChI is InChI=1S/C23H23N3O5/c1-29-16-9-15(10-17(11-16)30-2)25-21(27)19-18-3-6-23(31-18)13-26(22(28)20(19)23)12-14-4-7-24-8-5-14/h3-11,18-20H,12-13H2,1-2H3,(H,25,27)/t18-,19?,20?,23?/m1/s1. The molecule has 2 aromatic rings. The van der Waals surface area contributed by atoms with Gasteiger partial charge in [0.25, 0.3) is 0 Å². The second-order valence-electron chi connectivity index (χ2n) is 8.04. The number of rotatable bonds is 6. The van der Waals surface area contributed by atoms with Crippen molar-refractivity contribution >= 4 is 17.5 Å². The van der Waals surface area contributed by atoms with Gasteiger partial charge in [0.15, 0.2) is 0 Å². The zero-order chi connectivity index (χ0) is 21.6. The van der Waals surface area contributed by atoms with Crippen molar-refractivity contribution in [1.82, 2.24) is 9.88 Å². The summed E-state index contributed by atoms with van der Waals surface area (Å²) in [6.07, 6.45) is 6.84. The van der Waals surface area contributed by atoms with Gasteiger partial charge in [-0.15, -0.1) is 0 Å². The second-order valence-corrected chi connectivity index (χ2v) is 8.04. The number of nitrogens with zero attached hydrogens (tertiary/aromatic N) is 2. The first-order valence-corrected chi connectivity index (χ1v) is 10.1. The number of nitrogens with one attached hydrogen (secondary N) is 1. The second kappa shape index (κ2) is 7.39. The van der Waals surface area contributed by atoms with Crippen molar-refractivity contribution in [3.63, 3.8) is 0 Å². The number of carbonyl (C=O) groups is 2. The molecule has 0 radical (unpaired) electrons. The molecule has 8 heteroatoms. The molecule has 1 N–H and O–H groups in total. The number of ether oxygens (including phenoxy) is 3. The molecule has 2 amide bonds. The lowest BCUT2D eigenvalue weighted by Crippen LogP contribution is -2.41. The lowest BCUT2D eigenvalue weighted by atomic mass is 9.77. The largest absolute Gasteiger partial charge is 0.497 e. The molecule has 3 unspecified atom stereocenters. The lowest BCUT2D eigenvalue weighted by molar-refractivity contribution is -0.136. The Bertz CT molecular complexity index is 1030. The Morgan fingerprint density at radius 2 is 1.94 bits per heavy atom. The van der Waals surface area contributed by atoms with E-state index in [9.17, 15) is 9.59 Å². The number of pyridine rings is 1. The molecule has 160 valence electrons. The van der Waals surface area contributed by atoms with Gasteiger partial charge in [-0.2, -0.15) is 0 Å². The molecule has 1 spiro atoms. The minimum atomic E-state index is -0.747. The predicted octanol–water partition coefficient (Wildman–Crippen LogP) is 2.02. The predicted molar refractivity (Wildman–Crippen MR) is 112 cm³/mol. The number of anilines is 1. The Morgan fingerprint density at radius 3 is 2.61 bits per heavy atom. The Hall–Kier alpha value is -3.39. The summed E-state index contributed by atoms with van der Waals surface area (Å²) >= 11 is 0. The molecule has 8 nitrogen and oxygen atoms in total. The van der Waals surface area contributed by atoms with Crippen LogP contribution in [0.3, 0.4) is 0 Å². The van der Waals surface area contributed by atoms with Crippen LogP contribution >= 0.6 is 0 Å². The van der Waals surface area contributed by atoms with E-state index in [2.05, 4.69) is 10.3 Å².